The number of anilines is 2. The van der Waals surface area contributed by atoms with E-state index in [2.05, 4.69) is 10.6 Å². The molecule has 2 N–H and O–H groups in total. The molecule has 2 atom stereocenters. The molecule has 0 radical (unpaired) electrons. The van der Waals surface area contributed by atoms with E-state index >= 15 is 0 Å². The van der Waals surface area contributed by atoms with E-state index in [1.807, 2.05) is 0 Å². The smallest absolute Gasteiger partial charge is 0.269 e. The molecule has 0 aliphatic carbocycles. The van der Waals surface area contributed by atoms with Crippen molar-refractivity contribution in [2.24, 2.45) is 11.8 Å². The van der Waals surface area contributed by atoms with Gasteiger partial charge in [-0.2, -0.15) is 0 Å². The zero-order valence-corrected chi connectivity index (χ0v) is 22.1. The van der Waals surface area contributed by atoms with Gasteiger partial charge < -0.3 is 10.6 Å². The molecule has 0 aromatic heterocycles. The normalized spacial score (nSPS) is 20.2. The molecule has 0 bridgehead atoms. The van der Waals surface area contributed by atoms with Crippen molar-refractivity contribution in [2.75, 3.05) is 9.80 Å². The van der Waals surface area contributed by atoms with Gasteiger partial charge in [0.15, 0.2) is 10.2 Å². The third-order valence-electron chi connectivity index (χ3n) is 6.64. The molecule has 2 aliphatic heterocycles. The van der Waals surface area contributed by atoms with Gasteiger partial charge in [-0.3, -0.25) is 39.1 Å². The Morgan fingerprint density at radius 3 is 1.45 bits per heavy atom. The lowest BCUT2D eigenvalue weighted by atomic mass is 9.73. The molecule has 3 aromatic carbocycles. The Labute approximate surface area is 237 Å². The minimum absolute atomic E-state index is 0.161. The second kappa shape index (κ2) is 10.7. The van der Waals surface area contributed by atoms with Crippen LogP contribution in [-0.4, -0.2) is 38.8 Å². The standard InChI is InChI=1S/C27H19N5O6S2/c33-22-20(24(35)30(26(39)28-22)16-7-3-1-4-8-16)19(15-11-13-18(14-12-15)32(37)38)21-23(34)29-27(40)31(25(21)36)17-9-5-2-6-10-17/h1-14,19-21H,(H,28,33,39)(H,29,34,40). The van der Waals surface area contributed by atoms with Crippen molar-refractivity contribution in [3.63, 3.8) is 0 Å². The van der Waals surface area contributed by atoms with E-state index < -0.39 is 46.3 Å². The summed E-state index contributed by atoms with van der Waals surface area (Å²) in [4.78, 5) is 67.8. The van der Waals surface area contributed by atoms with Gasteiger partial charge in [0.05, 0.1) is 16.3 Å². The maximum absolute atomic E-state index is 14.0. The van der Waals surface area contributed by atoms with Gasteiger partial charge in [-0.25, -0.2) is 0 Å². The van der Waals surface area contributed by atoms with E-state index in [1.165, 1.54) is 24.3 Å². The van der Waals surface area contributed by atoms with Crippen LogP contribution in [0.2, 0.25) is 0 Å². The minimum Gasteiger partial charge on any atom is -0.302 e. The van der Waals surface area contributed by atoms with Crippen molar-refractivity contribution in [3.05, 3.63) is 101 Å². The predicted molar refractivity (Wildman–Crippen MR) is 152 cm³/mol. The number of hydrogen-bond donors (Lipinski definition) is 2. The van der Waals surface area contributed by atoms with E-state index in [-0.39, 0.29) is 21.5 Å². The van der Waals surface area contributed by atoms with Crippen molar-refractivity contribution in [1.29, 1.82) is 0 Å². The Balaban J connectivity index is 1.65. The van der Waals surface area contributed by atoms with Gasteiger partial charge in [0, 0.05) is 18.1 Å². The summed E-state index contributed by atoms with van der Waals surface area (Å²) in [6.45, 7) is 0. The average Bonchev–Trinajstić information content (AvgIpc) is 2.93. The highest BCUT2D eigenvalue weighted by molar-refractivity contribution is 7.80. The SMILES string of the molecule is O=C1NC(=S)N(c2ccccc2)C(=O)C1C(c1ccc([N+](=O)[O-])cc1)C1C(=O)NC(=S)N(c2ccccc2)C1=O. The number of nitrogens with one attached hydrogen (secondary N) is 2. The first-order valence-corrected chi connectivity index (χ1v) is 12.7. The van der Waals surface area contributed by atoms with Gasteiger partial charge in [0.25, 0.3) is 5.69 Å². The fourth-order valence-corrected chi connectivity index (χ4v) is 5.44. The van der Waals surface area contributed by atoms with Crippen molar-refractivity contribution >= 4 is 75.4 Å². The zero-order chi connectivity index (χ0) is 28.6. The second-order valence-corrected chi connectivity index (χ2v) is 9.71. The molecule has 2 unspecified atom stereocenters. The highest BCUT2D eigenvalue weighted by Gasteiger charge is 2.53. The topological polar surface area (TPSA) is 142 Å². The number of benzene rings is 3. The highest BCUT2D eigenvalue weighted by atomic mass is 32.1. The zero-order valence-electron chi connectivity index (χ0n) is 20.4. The number of thiocarbonyl (C=S) groups is 2. The van der Waals surface area contributed by atoms with Crippen LogP contribution in [0.1, 0.15) is 11.5 Å². The number of carbonyl (C=O) groups is 4. The molecule has 2 saturated heterocycles. The summed E-state index contributed by atoms with van der Waals surface area (Å²) in [5, 5.41) is 16.0. The van der Waals surface area contributed by atoms with Crippen LogP contribution in [0.3, 0.4) is 0 Å². The Bertz CT molecular complexity index is 1480. The van der Waals surface area contributed by atoms with Crippen LogP contribution in [0.25, 0.3) is 0 Å². The molecule has 5 rings (SSSR count). The van der Waals surface area contributed by atoms with Crippen LogP contribution < -0.4 is 20.4 Å². The summed E-state index contributed by atoms with van der Waals surface area (Å²) < 4.78 is 0. The molecule has 2 heterocycles. The Morgan fingerprint density at radius 1 is 0.675 bits per heavy atom. The number of non-ortho nitro benzene ring substituents is 1. The monoisotopic (exact) mass is 573 g/mol. The first kappa shape index (κ1) is 26.7. The van der Waals surface area contributed by atoms with Crippen LogP contribution >= 0.6 is 24.4 Å². The number of carbonyl (C=O) groups excluding carboxylic acids is 4. The Morgan fingerprint density at radius 2 is 1.07 bits per heavy atom. The lowest BCUT2D eigenvalue weighted by Crippen LogP contribution is -2.64. The van der Waals surface area contributed by atoms with Crippen LogP contribution in [0.4, 0.5) is 17.1 Å². The van der Waals surface area contributed by atoms with Gasteiger partial charge in [-0.05, 0) is 54.3 Å². The van der Waals surface area contributed by atoms with E-state index in [0.717, 1.165) is 9.80 Å². The first-order chi connectivity index (χ1) is 19.2. The number of para-hydroxylation sites is 2. The summed E-state index contributed by atoms with van der Waals surface area (Å²) in [5.74, 6) is -7.72. The molecule has 2 fully saturated rings. The third kappa shape index (κ3) is 4.72. The number of hydrogen-bond acceptors (Lipinski definition) is 8. The lowest BCUT2D eigenvalue weighted by Gasteiger charge is -2.41. The summed E-state index contributed by atoms with van der Waals surface area (Å²) >= 11 is 10.6. The summed E-state index contributed by atoms with van der Waals surface area (Å²) in [5.41, 5.74) is 0.683. The predicted octanol–water partition coefficient (Wildman–Crippen LogP) is 2.81. The molecule has 13 heteroatoms. The van der Waals surface area contributed by atoms with Gasteiger partial charge in [0.2, 0.25) is 23.6 Å². The van der Waals surface area contributed by atoms with Crippen molar-refractivity contribution in [3.8, 4) is 0 Å². The van der Waals surface area contributed by atoms with Gasteiger partial charge >= 0.3 is 0 Å². The van der Waals surface area contributed by atoms with Crippen LogP contribution in [0, 0.1) is 22.0 Å². The fraction of sp³-hybridized carbons (Fsp3) is 0.111. The van der Waals surface area contributed by atoms with Crippen LogP contribution in [0.15, 0.2) is 84.9 Å². The number of nitrogens with zero attached hydrogens (tertiary/aromatic N) is 3. The lowest BCUT2D eigenvalue weighted by molar-refractivity contribution is -0.384. The summed E-state index contributed by atoms with van der Waals surface area (Å²) in [6.07, 6.45) is 0. The molecule has 11 nitrogen and oxygen atoms in total. The molecule has 2 aliphatic rings. The number of amides is 4. The van der Waals surface area contributed by atoms with Gasteiger partial charge in [-0.15, -0.1) is 0 Å². The summed E-state index contributed by atoms with van der Waals surface area (Å²) in [6, 6.07) is 21.7. The average molecular weight is 574 g/mol. The number of nitro benzene ring substituents is 1. The number of rotatable bonds is 6. The van der Waals surface area contributed by atoms with Gasteiger partial charge in [0.1, 0.15) is 11.8 Å². The van der Waals surface area contributed by atoms with Crippen LogP contribution in [-0.2, 0) is 19.2 Å². The molecular weight excluding hydrogens is 554 g/mol. The van der Waals surface area contributed by atoms with E-state index in [1.54, 1.807) is 60.7 Å². The van der Waals surface area contributed by atoms with E-state index in [9.17, 15) is 29.3 Å². The number of nitro groups is 1. The Hall–Kier alpha value is -4.88. The largest absolute Gasteiger partial charge is 0.302 e. The Kier molecular flexibility index (Phi) is 7.15. The van der Waals surface area contributed by atoms with Crippen LogP contribution in [0.5, 0.6) is 0 Å². The van der Waals surface area contributed by atoms with Crippen molar-refractivity contribution in [2.45, 2.75) is 5.92 Å². The summed E-state index contributed by atoms with van der Waals surface area (Å²) in [7, 11) is 0. The van der Waals surface area contributed by atoms with Crippen molar-refractivity contribution in [1.82, 2.24) is 10.6 Å². The molecule has 4 amide bonds. The fourth-order valence-electron chi connectivity index (χ4n) is 4.85. The maximum atomic E-state index is 14.0. The maximum Gasteiger partial charge on any atom is 0.269 e. The first-order valence-electron chi connectivity index (χ1n) is 11.9. The van der Waals surface area contributed by atoms with E-state index in [0.29, 0.717) is 11.4 Å². The minimum atomic E-state index is -1.60. The third-order valence-corrected chi connectivity index (χ3v) is 7.21. The van der Waals surface area contributed by atoms with Gasteiger partial charge in [-0.1, -0.05) is 48.5 Å². The molecule has 40 heavy (non-hydrogen) atoms. The second-order valence-electron chi connectivity index (χ2n) is 8.94. The van der Waals surface area contributed by atoms with Crippen molar-refractivity contribution < 1.29 is 24.1 Å². The van der Waals surface area contributed by atoms with E-state index in [4.69, 9.17) is 24.4 Å². The highest BCUT2D eigenvalue weighted by Crippen LogP contribution is 2.40. The molecule has 0 saturated carbocycles. The molecule has 200 valence electrons. The molecular formula is C27H19N5O6S2. The molecule has 3 aromatic rings. The molecule has 0 spiro atoms. The quantitative estimate of drug-likeness (QED) is 0.198.